The average Bonchev–Trinajstić information content (AvgIpc) is 2.71. The van der Waals surface area contributed by atoms with E-state index in [-0.39, 0.29) is 12.5 Å². The summed E-state index contributed by atoms with van der Waals surface area (Å²) >= 11 is 0. The van der Waals surface area contributed by atoms with Gasteiger partial charge in [0, 0.05) is 31.4 Å². The average molecular weight is 370 g/mol. The number of carbonyl (C=O) groups is 1. The summed E-state index contributed by atoms with van der Waals surface area (Å²) in [6.45, 7) is 4.20. The topological polar surface area (TPSA) is 76.6 Å². The summed E-state index contributed by atoms with van der Waals surface area (Å²) in [7, 11) is 1.62. The van der Waals surface area contributed by atoms with E-state index in [0.717, 1.165) is 42.9 Å². The van der Waals surface area contributed by atoms with Gasteiger partial charge in [0.1, 0.15) is 5.75 Å². The fourth-order valence-electron chi connectivity index (χ4n) is 2.97. The largest absolute Gasteiger partial charge is 0.497 e. The summed E-state index contributed by atoms with van der Waals surface area (Å²) in [5.74, 6) is 1.71. The number of aryl methyl sites for hydroxylation is 1. The number of nitrogens with one attached hydrogen (secondary N) is 1. The van der Waals surface area contributed by atoms with Crippen LogP contribution in [-0.2, 0) is 11.3 Å². The molecule has 0 radical (unpaired) electrons. The molecular weight excluding hydrogens is 344 g/mol. The molecule has 1 N–H and O–H groups in total. The predicted octanol–water partition coefficient (Wildman–Crippen LogP) is 2.48. The van der Waals surface area contributed by atoms with E-state index in [4.69, 9.17) is 9.47 Å². The van der Waals surface area contributed by atoms with Crippen molar-refractivity contribution in [1.82, 2.24) is 15.3 Å². The molecule has 0 bridgehead atoms. The lowest BCUT2D eigenvalue weighted by atomic mass is 10.1. The van der Waals surface area contributed by atoms with Crippen LogP contribution >= 0.6 is 0 Å². The first-order valence-corrected chi connectivity index (χ1v) is 9.27. The van der Waals surface area contributed by atoms with E-state index >= 15 is 0 Å². The molecule has 2 heterocycles. The van der Waals surface area contributed by atoms with Gasteiger partial charge < -0.3 is 19.7 Å². The number of hydrogen-bond donors (Lipinski definition) is 1. The summed E-state index contributed by atoms with van der Waals surface area (Å²) < 4.78 is 10.7. The lowest BCUT2D eigenvalue weighted by Gasteiger charge is -2.26. The standard InChI is InChI=1S/C20H26N4O3/c1-15-12-19(23-20(22-15)24-10-4-3-5-11-24)27-14-18(25)21-13-16-6-8-17(26-2)9-7-16/h6-9,12H,3-5,10-11,13-14H2,1-2H3,(H,21,25). The monoisotopic (exact) mass is 370 g/mol. The second-order valence-corrected chi connectivity index (χ2v) is 6.61. The van der Waals surface area contributed by atoms with Gasteiger partial charge >= 0.3 is 0 Å². The highest BCUT2D eigenvalue weighted by Gasteiger charge is 2.15. The molecule has 3 rings (SSSR count). The third-order valence-electron chi connectivity index (χ3n) is 4.46. The molecule has 7 nitrogen and oxygen atoms in total. The predicted molar refractivity (Wildman–Crippen MR) is 103 cm³/mol. The van der Waals surface area contributed by atoms with Gasteiger partial charge in [0.05, 0.1) is 7.11 Å². The first-order valence-electron chi connectivity index (χ1n) is 9.27. The number of rotatable bonds is 7. The molecule has 1 aliphatic heterocycles. The maximum absolute atomic E-state index is 12.1. The fourth-order valence-corrected chi connectivity index (χ4v) is 2.97. The summed E-state index contributed by atoms with van der Waals surface area (Å²) in [5.41, 5.74) is 1.83. The van der Waals surface area contributed by atoms with E-state index in [1.54, 1.807) is 13.2 Å². The van der Waals surface area contributed by atoms with Gasteiger partial charge in [0.15, 0.2) is 6.61 Å². The maximum Gasteiger partial charge on any atom is 0.258 e. The van der Waals surface area contributed by atoms with Crippen LogP contribution < -0.4 is 19.7 Å². The van der Waals surface area contributed by atoms with Crippen molar-refractivity contribution in [3.63, 3.8) is 0 Å². The van der Waals surface area contributed by atoms with Crippen molar-refractivity contribution >= 4 is 11.9 Å². The Morgan fingerprint density at radius 2 is 1.89 bits per heavy atom. The lowest BCUT2D eigenvalue weighted by molar-refractivity contribution is -0.123. The van der Waals surface area contributed by atoms with Gasteiger partial charge in [-0.1, -0.05) is 12.1 Å². The summed E-state index contributed by atoms with van der Waals surface area (Å²) in [5, 5.41) is 2.84. The minimum atomic E-state index is -0.193. The molecule has 1 saturated heterocycles. The number of anilines is 1. The summed E-state index contributed by atoms with van der Waals surface area (Å²) in [6.07, 6.45) is 3.56. The molecule has 1 fully saturated rings. The zero-order valence-electron chi connectivity index (χ0n) is 15.9. The minimum absolute atomic E-state index is 0.0773. The molecule has 2 aromatic rings. The van der Waals surface area contributed by atoms with Crippen molar-refractivity contribution in [3.8, 4) is 11.6 Å². The normalized spacial score (nSPS) is 13.9. The number of carbonyl (C=O) groups excluding carboxylic acids is 1. The second kappa shape index (κ2) is 9.21. The van der Waals surface area contributed by atoms with Gasteiger partial charge in [0.25, 0.3) is 5.91 Å². The zero-order valence-corrected chi connectivity index (χ0v) is 15.9. The Morgan fingerprint density at radius 1 is 1.15 bits per heavy atom. The van der Waals surface area contributed by atoms with Crippen LogP contribution in [-0.4, -0.2) is 42.7 Å². The van der Waals surface area contributed by atoms with Gasteiger partial charge in [-0.3, -0.25) is 4.79 Å². The van der Waals surface area contributed by atoms with E-state index in [9.17, 15) is 4.79 Å². The quantitative estimate of drug-likeness (QED) is 0.807. The first-order chi connectivity index (χ1) is 13.1. The van der Waals surface area contributed by atoms with Gasteiger partial charge in [-0.25, -0.2) is 4.98 Å². The van der Waals surface area contributed by atoms with Crippen LogP contribution in [0.3, 0.4) is 0 Å². The molecule has 1 aromatic heterocycles. The Hall–Kier alpha value is -2.83. The van der Waals surface area contributed by atoms with Crippen molar-refractivity contribution < 1.29 is 14.3 Å². The molecule has 0 saturated carbocycles. The number of benzene rings is 1. The molecule has 1 aliphatic rings. The van der Waals surface area contributed by atoms with Crippen LogP contribution in [0.25, 0.3) is 0 Å². The first kappa shape index (κ1) is 18.9. The van der Waals surface area contributed by atoms with Crippen LogP contribution in [0, 0.1) is 6.92 Å². The molecule has 27 heavy (non-hydrogen) atoms. The molecule has 0 spiro atoms. The van der Waals surface area contributed by atoms with Crippen LogP contribution in [0.2, 0.25) is 0 Å². The number of aromatic nitrogens is 2. The highest BCUT2D eigenvalue weighted by atomic mass is 16.5. The molecule has 0 unspecified atom stereocenters. The molecule has 1 amide bonds. The molecule has 0 atom stereocenters. The zero-order chi connectivity index (χ0) is 19.1. The third-order valence-corrected chi connectivity index (χ3v) is 4.46. The van der Waals surface area contributed by atoms with Crippen LogP contribution in [0.4, 0.5) is 5.95 Å². The summed E-state index contributed by atoms with van der Waals surface area (Å²) in [6, 6.07) is 9.31. The highest BCUT2D eigenvalue weighted by Crippen LogP contribution is 2.19. The lowest BCUT2D eigenvalue weighted by Crippen LogP contribution is -2.31. The molecule has 1 aromatic carbocycles. The van der Waals surface area contributed by atoms with Crippen molar-refractivity contribution in [2.45, 2.75) is 32.7 Å². The molecular formula is C20H26N4O3. The number of ether oxygens (including phenoxy) is 2. The highest BCUT2D eigenvalue weighted by molar-refractivity contribution is 5.77. The Morgan fingerprint density at radius 3 is 2.59 bits per heavy atom. The maximum atomic E-state index is 12.1. The Balaban J connectivity index is 1.51. The van der Waals surface area contributed by atoms with Gasteiger partial charge in [-0.05, 0) is 43.9 Å². The van der Waals surface area contributed by atoms with Crippen LogP contribution in [0.15, 0.2) is 30.3 Å². The molecule has 0 aliphatic carbocycles. The van der Waals surface area contributed by atoms with Crippen molar-refractivity contribution in [2.75, 3.05) is 31.7 Å². The molecule has 144 valence electrons. The SMILES string of the molecule is COc1ccc(CNC(=O)COc2cc(C)nc(N3CCCCC3)n2)cc1. The van der Waals surface area contributed by atoms with E-state index < -0.39 is 0 Å². The smallest absolute Gasteiger partial charge is 0.258 e. The van der Waals surface area contributed by atoms with Crippen molar-refractivity contribution in [1.29, 1.82) is 0 Å². The number of hydrogen-bond acceptors (Lipinski definition) is 6. The van der Waals surface area contributed by atoms with Crippen molar-refractivity contribution in [2.24, 2.45) is 0 Å². The van der Waals surface area contributed by atoms with E-state index in [2.05, 4.69) is 20.2 Å². The Labute approximate surface area is 159 Å². The van der Waals surface area contributed by atoms with Gasteiger partial charge in [0.2, 0.25) is 11.8 Å². The van der Waals surface area contributed by atoms with E-state index in [0.29, 0.717) is 18.4 Å². The van der Waals surface area contributed by atoms with E-state index in [1.165, 1.54) is 6.42 Å². The fraction of sp³-hybridized carbons (Fsp3) is 0.450. The van der Waals surface area contributed by atoms with Crippen molar-refractivity contribution in [3.05, 3.63) is 41.6 Å². The third kappa shape index (κ3) is 5.57. The molecule has 7 heteroatoms. The number of piperidine rings is 1. The Kier molecular flexibility index (Phi) is 6.46. The van der Waals surface area contributed by atoms with Gasteiger partial charge in [-0.15, -0.1) is 0 Å². The summed E-state index contributed by atoms with van der Waals surface area (Å²) in [4.78, 5) is 23.2. The number of nitrogens with zero attached hydrogens (tertiary/aromatic N) is 3. The number of methoxy groups -OCH3 is 1. The Bertz CT molecular complexity index is 758. The van der Waals surface area contributed by atoms with Gasteiger partial charge in [-0.2, -0.15) is 4.98 Å². The van der Waals surface area contributed by atoms with E-state index in [1.807, 2.05) is 31.2 Å². The van der Waals surface area contributed by atoms with Crippen LogP contribution in [0.5, 0.6) is 11.6 Å². The second-order valence-electron chi connectivity index (χ2n) is 6.61. The minimum Gasteiger partial charge on any atom is -0.497 e. The van der Waals surface area contributed by atoms with Crippen LogP contribution in [0.1, 0.15) is 30.5 Å². The number of amides is 1.